The fourth-order valence-corrected chi connectivity index (χ4v) is 2.40. The summed E-state index contributed by atoms with van der Waals surface area (Å²) >= 11 is 0. The van der Waals surface area contributed by atoms with Gasteiger partial charge in [0.1, 0.15) is 0 Å². The third-order valence-electron chi connectivity index (χ3n) is 3.85. The number of aromatic nitrogens is 2. The van der Waals surface area contributed by atoms with Crippen molar-refractivity contribution in [2.45, 2.75) is 6.18 Å². The number of nitrogens with one attached hydrogen (secondary N) is 1. The highest BCUT2D eigenvalue weighted by Gasteiger charge is 2.38. The van der Waals surface area contributed by atoms with Crippen LogP contribution in [0.1, 0.15) is 16.2 Å². The first kappa shape index (κ1) is 19.3. The summed E-state index contributed by atoms with van der Waals surface area (Å²) in [5.41, 5.74) is 2.90. The Balaban J connectivity index is 1.49. The van der Waals surface area contributed by atoms with Gasteiger partial charge in [0.15, 0.2) is 0 Å². The zero-order valence-electron chi connectivity index (χ0n) is 14.2. The number of hydrogen-bond acceptors (Lipinski definition) is 7. The minimum atomic E-state index is -4.70. The van der Waals surface area contributed by atoms with Crippen molar-refractivity contribution in [2.75, 3.05) is 39.5 Å². The lowest BCUT2D eigenvalue weighted by molar-refractivity contribution is -0.159. The fourth-order valence-electron chi connectivity index (χ4n) is 2.40. The molecular weight excluding hydrogens is 369 g/mol. The highest BCUT2D eigenvalue weighted by molar-refractivity contribution is 5.93. The molecule has 27 heavy (non-hydrogen) atoms. The van der Waals surface area contributed by atoms with E-state index in [1.165, 1.54) is 24.3 Å². The molecular formula is C16H17F3N4O4. The van der Waals surface area contributed by atoms with Crippen molar-refractivity contribution in [3.8, 4) is 11.4 Å². The molecule has 1 fully saturated rings. The van der Waals surface area contributed by atoms with Gasteiger partial charge in [-0.1, -0.05) is 17.3 Å². The third kappa shape index (κ3) is 5.25. The number of rotatable bonds is 6. The summed E-state index contributed by atoms with van der Waals surface area (Å²) in [6, 6.07) is 5.71. The van der Waals surface area contributed by atoms with Gasteiger partial charge in [0.05, 0.1) is 19.8 Å². The molecule has 0 atom stereocenters. The van der Waals surface area contributed by atoms with Gasteiger partial charge in [-0.2, -0.15) is 18.2 Å². The van der Waals surface area contributed by atoms with Crippen LogP contribution in [0.15, 0.2) is 28.8 Å². The Morgan fingerprint density at radius 1 is 1.22 bits per heavy atom. The van der Waals surface area contributed by atoms with Crippen molar-refractivity contribution >= 4 is 5.91 Å². The summed E-state index contributed by atoms with van der Waals surface area (Å²) in [4.78, 5) is 22.6. The van der Waals surface area contributed by atoms with Crippen LogP contribution in [-0.4, -0.2) is 60.4 Å². The number of alkyl halides is 3. The van der Waals surface area contributed by atoms with E-state index >= 15 is 0 Å². The summed E-state index contributed by atoms with van der Waals surface area (Å²) in [5.74, 6) is -2.10. The molecule has 8 nitrogen and oxygen atoms in total. The number of ether oxygens (including phenoxy) is 1. The summed E-state index contributed by atoms with van der Waals surface area (Å²) in [6.07, 6.45) is -4.70. The Labute approximate surface area is 152 Å². The molecule has 3 rings (SSSR count). The molecule has 11 heteroatoms. The van der Waals surface area contributed by atoms with Crippen molar-refractivity contribution < 1.29 is 32.1 Å². The normalized spacial score (nSPS) is 15.7. The molecule has 1 N–H and O–H groups in total. The second-order valence-corrected chi connectivity index (χ2v) is 5.73. The SMILES string of the molecule is O=C(NOCCN1CCOCC1)c1ccc(-c2noc(C(F)(F)F)n2)cc1. The van der Waals surface area contributed by atoms with Crippen LogP contribution in [0, 0.1) is 0 Å². The first-order valence-corrected chi connectivity index (χ1v) is 8.17. The van der Waals surface area contributed by atoms with E-state index in [9.17, 15) is 18.0 Å². The first-order valence-electron chi connectivity index (χ1n) is 8.17. The number of carbonyl (C=O) groups excluding carboxylic acids is 1. The molecule has 0 bridgehead atoms. The lowest BCUT2D eigenvalue weighted by Gasteiger charge is -2.26. The highest BCUT2D eigenvalue weighted by atomic mass is 19.4. The van der Waals surface area contributed by atoms with Gasteiger partial charge >= 0.3 is 12.1 Å². The van der Waals surface area contributed by atoms with Crippen LogP contribution in [0.5, 0.6) is 0 Å². The first-order chi connectivity index (χ1) is 12.9. The highest BCUT2D eigenvalue weighted by Crippen LogP contribution is 2.29. The van der Waals surface area contributed by atoms with Gasteiger partial charge in [0, 0.05) is 30.8 Å². The molecule has 0 spiro atoms. The van der Waals surface area contributed by atoms with Gasteiger partial charge in [0.2, 0.25) is 5.82 Å². The molecule has 1 aliphatic heterocycles. The Bertz CT molecular complexity index is 758. The average molecular weight is 386 g/mol. The minimum Gasteiger partial charge on any atom is -0.379 e. The predicted octanol–water partition coefficient (Wildman–Crippen LogP) is 1.75. The second kappa shape index (κ2) is 8.46. The summed E-state index contributed by atoms with van der Waals surface area (Å²) in [6.45, 7) is 4.01. The van der Waals surface area contributed by atoms with Gasteiger partial charge in [-0.25, -0.2) is 5.48 Å². The van der Waals surface area contributed by atoms with Crippen molar-refractivity contribution in [2.24, 2.45) is 0 Å². The van der Waals surface area contributed by atoms with E-state index in [1.807, 2.05) is 0 Å². The van der Waals surface area contributed by atoms with Gasteiger partial charge in [-0.05, 0) is 12.1 Å². The summed E-state index contributed by atoms with van der Waals surface area (Å²) < 4.78 is 46.9. The van der Waals surface area contributed by atoms with Gasteiger partial charge < -0.3 is 9.26 Å². The molecule has 2 aromatic rings. The quantitative estimate of drug-likeness (QED) is 0.598. The molecule has 1 saturated heterocycles. The van der Waals surface area contributed by atoms with Crippen molar-refractivity contribution in [3.05, 3.63) is 35.7 Å². The number of hydrogen-bond donors (Lipinski definition) is 1. The van der Waals surface area contributed by atoms with Gasteiger partial charge in [-0.3, -0.25) is 14.5 Å². The van der Waals surface area contributed by atoms with Crippen molar-refractivity contribution in [1.29, 1.82) is 0 Å². The lowest BCUT2D eigenvalue weighted by Crippen LogP contribution is -2.39. The molecule has 2 heterocycles. The number of halogens is 3. The van der Waals surface area contributed by atoms with E-state index in [0.717, 1.165) is 13.1 Å². The molecule has 0 saturated carbocycles. The number of morpholine rings is 1. The fraction of sp³-hybridized carbons (Fsp3) is 0.438. The smallest absolute Gasteiger partial charge is 0.379 e. The van der Waals surface area contributed by atoms with E-state index in [1.54, 1.807) is 0 Å². The number of nitrogens with zero attached hydrogens (tertiary/aromatic N) is 3. The second-order valence-electron chi connectivity index (χ2n) is 5.73. The molecule has 1 aromatic heterocycles. The maximum Gasteiger partial charge on any atom is 0.471 e. The lowest BCUT2D eigenvalue weighted by atomic mass is 10.1. The Hall–Kier alpha value is -2.50. The van der Waals surface area contributed by atoms with Gasteiger partial charge in [0.25, 0.3) is 5.91 Å². The predicted molar refractivity (Wildman–Crippen MR) is 85.4 cm³/mol. The summed E-state index contributed by atoms with van der Waals surface area (Å²) in [7, 11) is 0. The molecule has 146 valence electrons. The number of amides is 1. The monoisotopic (exact) mass is 386 g/mol. The van der Waals surface area contributed by atoms with E-state index < -0.39 is 18.0 Å². The third-order valence-corrected chi connectivity index (χ3v) is 3.85. The largest absolute Gasteiger partial charge is 0.471 e. The van der Waals surface area contributed by atoms with Crippen molar-refractivity contribution in [1.82, 2.24) is 20.5 Å². The Kier molecular flexibility index (Phi) is 6.04. The van der Waals surface area contributed by atoms with E-state index in [0.29, 0.717) is 31.9 Å². The van der Waals surface area contributed by atoms with Crippen LogP contribution < -0.4 is 5.48 Å². The van der Waals surface area contributed by atoms with Crippen molar-refractivity contribution in [3.63, 3.8) is 0 Å². The number of carbonyl (C=O) groups is 1. The molecule has 1 aromatic carbocycles. The van der Waals surface area contributed by atoms with Crippen LogP contribution in [-0.2, 0) is 15.8 Å². The Morgan fingerprint density at radius 3 is 2.56 bits per heavy atom. The Morgan fingerprint density at radius 2 is 1.93 bits per heavy atom. The van der Waals surface area contributed by atoms with Gasteiger partial charge in [-0.15, -0.1) is 0 Å². The minimum absolute atomic E-state index is 0.212. The number of hydroxylamine groups is 1. The molecule has 0 aliphatic carbocycles. The molecule has 0 unspecified atom stereocenters. The van der Waals surface area contributed by atoms with Crippen LogP contribution in [0.3, 0.4) is 0 Å². The van der Waals surface area contributed by atoms with Crippen LogP contribution in [0.25, 0.3) is 11.4 Å². The topological polar surface area (TPSA) is 89.7 Å². The summed E-state index contributed by atoms with van der Waals surface area (Å²) in [5, 5.41) is 3.29. The van der Waals surface area contributed by atoms with Crippen LogP contribution in [0.4, 0.5) is 13.2 Å². The average Bonchev–Trinajstić information content (AvgIpc) is 3.17. The van der Waals surface area contributed by atoms with E-state index in [-0.39, 0.29) is 11.4 Å². The maximum absolute atomic E-state index is 12.5. The zero-order chi connectivity index (χ0) is 19.3. The zero-order valence-corrected chi connectivity index (χ0v) is 14.2. The van der Waals surface area contributed by atoms with Crippen LogP contribution >= 0.6 is 0 Å². The van der Waals surface area contributed by atoms with E-state index in [2.05, 4.69) is 25.0 Å². The van der Waals surface area contributed by atoms with E-state index in [4.69, 9.17) is 9.57 Å². The molecule has 1 aliphatic rings. The molecule has 1 amide bonds. The standard InChI is InChI=1S/C16H17F3N4O4/c17-16(18,19)15-20-13(21-27-15)11-1-3-12(4-2-11)14(24)22-26-10-7-23-5-8-25-9-6-23/h1-4H,5-10H2,(H,22,24). The molecule has 0 radical (unpaired) electrons. The van der Waals surface area contributed by atoms with Crippen LogP contribution in [0.2, 0.25) is 0 Å². The maximum atomic E-state index is 12.5. The number of benzene rings is 1.